The molecule has 152 valence electrons. The Balaban J connectivity index is 1.74. The van der Waals surface area contributed by atoms with Gasteiger partial charge in [-0.3, -0.25) is 0 Å². The van der Waals surface area contributed by atoms with Gasteiger partial charge in [0.05, 0.1) is 32.9 Å². The molecule has 0 aliphatic rings. The van der Waals surface area contributed by atoms with Crippen molar-refractivity contribution in [2.45, 2.75) is 13.2 Å². The highest BCUT2D eigenvalue weighted by atomic mass is 35.5. The molecule has 0 fully saturated rings. The number of ether oxygens (including phenoxy) is 2. The molecule has 0 saturated carbocycles. The van der Waals surface area contributed by atoms with Crippen LogP contribution in [0.15, 0.2) is 48.5 Å². The standard InChI is InChI=1S/C21H16Cl5NO2/c1-28-20-8-13(10-27-19-9-14(22)3-5-16(19)24)7-18(26)21(20)29-11-12-2-4-15(23)17(25)6-12/h2-9,27H,10-11H2,1H3. The normalized spacial score (nSPS) is 10.7. The largest absolute Gasteiger partial charge is 0.493 e. The van der Waals surface area contributed by atoms with Crippen molar-refractivity contribution in [3.63, 3.8) is 0 Å². The van der Waals surface area contributed by atoms with Gasteiger partial charge in [-0.25, -0.2) is 0 Å². The van der Waals surface area contributed by atoms with Crippen LogP contribution in [-0.4, -0.2) is 7.11 Å². The Morgan fingerprint density at radius 2 is 1.48 bits per heavy atom. The van der Waals surface area contributed by atoms with Gasteiger partial charge in [-0.05, 0) is 53.6 Å². The van der Waals surface area contributed by atoms with Crippen LogP contribution in [0.1, 0.15) is 11.1 Å². The molecule has 0 heterocycles. The van der Waals surface area contributed by atoms with Gasteiger partial charge in [0, 0.05) is 11.6 Å². The Morgan fingerprint density at radius 3 is 2.21 bits per heavy atom. The third-order valence-electron chi connectivity index (χ3n) is 4.07. The van der Waals surface area contributed by atoms with E-state index in [-0.39, 0.29) is 6.61 Å². The van der Waals surface area contributed by atoms with Crippen LogP contribution in [0.5, 0.6) is 11.5 Å². The molecule has 0 unspecified atom stereocenters. The van der Waals surface area contributed by atoms with E-state index >= 15 is 0 Å². The van der Waals surface area contributed by atoms with Crippen LogP contribution in [0.3, 0.4) is 0 Å². The summed E-state index contributed by atoms with van der Waals surface area (Å²) in [6, 6.07) is 14.2. The zero-order valence-corrected chi connectivity index (χ0v) is 19.0. The minimum Gasteiger partial charge on any atom is -0.493 e. The second-order valence-corrected chi connectivity index (χ2v) is 8.19. The molecule has 3 aromatic carbocycles. The number of methoxy groups -OCH3 is 1. The molecule has 0 bridgehead atoms. The molecule has 0 atom stereocenters. The van der Waals surface area contributed by atoms with E-state index in [0.717, 1.165) is 16.8 Å². The Labute approximate surface area is 194 Å². The van der Waals surface area contributed by atoms with Gasteiger partial charge < -0.3 is 14.8 Å². The molecule has 0 amide bonds. The summed E-state index contributed by atoms with van der Waals surface area (Å²) in [5.74, 6) is 0.969. The number of rotatable bonds is 7. The summed E-state index contributed by atoms with van der Waals surface area (Å²) in [4.78, 5) is 0. The number of benzene rings is 3. The Bertz CT molecular complexity index is 1030. The third-order valence-corrected chi connectivity index (χ3v) is 5.65. The van der Waals surface area contributed by atoms with Crippen LogP contribution < -0.4 is 14.8 Å². The number of anilines is 1. The Kier molecular flexibility index (Phi) is 7.66. The maximum atomic E-state index is 6.45. The number of nitrogens with one attached hydrogen (secondary N) is 1. The van der Waals surface area contributed by atoms with E-state index in [4.69, 9.17) is 67.5 Å². The average Bonchev–Trinajstić information content (AvgIpc) is 2.70. The summed E-state index contributed by atoms with van der Waals surface area (Å²) in [6.07, 6.45) is 0. The Morgan fingerprint density at radius 1 is 0.759 bits per heavy atom. The van der Waals surface area contributed by atoms with E-state index in [1.54, 1.807) is 43.5 Å². The molecule has 8 heteroatoms. The fourth-order valence-electron chi connectivity index (χ4n) is 2.63. The second-order valence-electron chi connectivity index (χ2n) is 6.12. The first-order valence-corrected chi connectivity index (χ1v) is 10.4. The average molecular weight is 492 g/mol. The number of hydrogen-bond acceptors (Lipinski definition) is 3. The van der Waals surface area contributed by atoms with Crippen molar-refractivity contribution in [2.24, 2.45) is 0 Å². The quantitative estimate of drug-likeness (QED) is 0.362. The molecule has 1 N–H and O–H groups in total. The van der Waals surface area contributed by atoms with Gasteiger partial charge in [0.15, 0.2) is 11.5 Å². The van der Waals surface area contributed by atoms with Gasteiger partial charge in [-0.2, -0.15) is 0 Å². The summed E-state index contributed by atoms with van der Waals surface area (Å²) in [6.45, 7) is 0.742. The molecule has 0 spiro atoms. The first kappa shape index (κ1) is 22.2. The van der Waals surface area contributed by atoms with Gasteiger partial charge in [0.2, 0.25) is 0 Å². The molecule has 0 saturated heterocycles. The molecule has 0 aromatic heterocycles. The van der Waals surface area contributed by atoms with Crippen LogP contribution >= 0.6 is 58.0 Å². The van der Waals surface area contributed by atoms with Gasteiger partial charge >= 0.3 is 0 Å². The minimum atomic E-state index is 0.267. The predicted molar refractivity (Wildman–Crippen MR) is 123 cm³/mol. The van der Waals surface area contributed by atoms with Crippen LogP contribution in [0.2, 0.25) is 25.1 Å². The molecule has 0 aliphatic carbocycles. The summed E-state index contributed by atoms with van der Waals surface area (Å²) in [7, 11) is 1.56. The van der Waals surface area contributed by atoms with E-state index in [0.29, 0.717) is 43.2 Å². The van der Waals surface area contributed by atoms with Crippen molar-refractivity contribution in [3.05, 3.63) is 84.8 Å². The molecule has 3 rings (SSSR count). The molecule has 3 aromatic rings. The zero-order chi connectivity index (χ0) is 21.0. The lowest BCUT2D eigenvalue weighted by Crippen LogP contribution is -2.03. The predicted octanol–water partition coefficient (Wildman–Crippen LogP) is 8.15. The van der Waals surface area contributed by atoms with Crippen molar-refractivity contribution >= 4 is 63.7 Å². The highest BCUT2D eigenvalue weighted by Crippen LogP contribution is 2.37. The number of hydrogen-bond donors (Lipinski definition) is 1. The lowest BCUT2D eigenvalue weighted by molar-refractivity contribution is 0.284. The molecule has 3 nitrogen and oxygen atoms in total. The molecule has 0 aliphatic heterocycles. The first-order chi connectivity index (χ1) is 13.9. The van der Waals surface area contributed by atoms with Gasteiger partial charge in [-0.15, -0.1) is 0 Å². The summed E-state index contributed by atoms with van der Waals surface area (Å²) < 4.78 is 11.3. The van der Waals surface area contributed by atoms with E-state index in [1.165, 1.54) is 0 Å². The first-order valence-electron chi connectivity index (χ1n) is 8.49. The van der Waals surface area contributed by atoms with Crippen molar-refractivity contribution in [1.82, 2.24) is 0 Å². The van der Waals surface area contributed by atoms with Crippen molar-refractivity contribution < 1.29 is 9.47 Å². The van der Waals surface area contributed by atoms with Crippen LogP contribution in [0, 0.1) is 0 Å². The maximum absolute atomic E-state index is 6.45. The smallest absolute Gasteiger partial charge is 0.180 e. The second kappa shape index (κ2) is 10.0. The SMILES string of the molecule is COc1cc(CNc2cc(Cl)ccc2Cl)cc(Cl)c1OCc1ccc(Cl)c(Cl)c1. The third kappa shape index (κ3) is 5.78. The monoisotopic (exact) mass is 489 g/mol. The van der Waals surface area contributed by atoms with E-state index in [9.17, 15) is 0 Å². The van der Waals surface area contributed by atoms with Crippen LogP contribution in [-0.2, 0) is 13.2 Å². The van der Waals surface area contributed by atoms with Crippen LogP contribution in [0.4, 0.5) is 5.69 Å². The lowest BCUT2D eigenvalue weighted by atomic mass is 10.2. The molecular weight excluding hydrogens is 476 g/mol. The van der Waals surface area contributed by atoms with Gasteiger partial charge in [0.25, 0.3) is 0 Å². The fourth-order valence-corrected chi connectivity index (χ4v) is 3.60. The molecule has 29 heavy (non-hydrogen) atoms. The molecular formula is C21H16Cl5NO2. The van der Waals surface area contributed by atoms with E-state index < -0.39 is 0 Å². The summed E-state index contributed by atoms with van der Waals surface area (Å²) >= 11 is 30.7. The van der Waals surface area contributed by atoms with Gasteiger partial charge in [0.1, 0.15) is 6.61 Å². The van der Waals surface area contributed by atoms with Gasteiger partial charge in [-0.1, -0.05) is 64.1 Å². The number of halogens is 5. The summed E-state index contributed by atoms with van der Waals surface area (Å²) in [5.41, 5.74) is 2.48. The molecule has 0 radical (unpaired) electrons. The minimum absolute atomic E-state index is 0.267. The summed E-state index contributed by atoms with van der Waals surface area (Å²) in [5, 5.41) is 5.79. The highest BCUT2D eigenvalue weighted by Gasteiger charge is 2.13. The van der Waals surface area contributed by atoms with Crippen molar-refractivity contribution in [1.29, 1.82) is 0 Å². The van der Waals surface area contributed by atoms with Crippen molar-refractivity contribution in [3.8, 4) is 11.5 Å². The van der Waals surface area contributed by atoms with E-state index in [1.807, 2.05) is 12.1 Å². The Hall–Kier alpha value is -1.49. The highest BCUT2D eigenvalue weighted by molar-refractivity contribution is 6.42. The fraction of sp³-hybridized carbons (Fsp3) is 0.143. The zero-order valence-electron chi connectivity index (χ0n) is 15.2. The maximum Gasteiger partial charge on any atom is 0.180 e. The van der Waals surface area contributed by atoms with E-state index in [2.05, 4.69) is 5.32 Å². The van der Waals surface area contributed by atoms with Crippen molar-refractivity contribution in [2.75, 3.05) is 12.4 Å². The lowest BCUT2D eigenvalue weighted by Gasteiger charge is -2.15. The topological polar surface area (TPSA) is 30.5 Å². The van der Waals surface area contributed by atoms with Crippen LogP contribution in [0.25, 0.3) is 0 Å².